The first kappa shape index (κ1) is 15.3. The molecule has 24 heavy (non-hydrogen) atoms. The van der Waals surface area contributed by atoms with Crippen molar-refractivity contribution in [3.63, 3.8) is 0 Å². The average Bonchev–Trinajstić information content (AvgIpc) is 2.54. The number of nitrogen functional groups attached to an aromatic ring is 1. The molecule has 5 N–H and O–H groups in total. The Labute approximate surface area is 135 Å². The topological polar surface area (TPSA) is 129 Å². The number of nitrogens with one attached hydrogen (secondary N) is 2. The number of carboxylic acids is 1. The first-order chi connectivity index (χ1) is 11.4. The molecule has 0 aliphatic rings. The van der Waals surface area contributed by atoms with Crippen molar-refractivity contribution in [1.29, 1.82) is 5.41 Å². The van der Waals surface area contributed by atoms with Crippen molar-refractivity contribution in [2.45, 2.75) is 0 Å². The summed E-state index contributed by atoms with van der Waals surface area (Å²) in [6.07, 6.45) is 0. The number of aromatic carboxylic acids is 1. The maximum Gasteiger partial charge on any atom is 0.341 e. The van der Waals surface area contributed by atoms with Crippen LogP contribution in [0.1, 0.15) is 15.9 Å². The normalized spacial score (nSPS) is 10.5. The molecule has 0 saturated heterocycles. The van der Waals surface area contributed by atoms with Crippen molar-refractivity contribution in [2.75, 3.05) is 0 Å². The maximum atomic E-state index is 11.7. The molecule has 3 rings (SSSR count). The van der Waals surface area contributed by atoms with E-state index in [1.807, 2.05) is 0 Å². The molecule has 3 aromatic rings. The van der Waals surface area contributed by atoms with Gasteiger partial charge in [0.1, 0.15) is 22.9 Å². The van der Waals surface area contributed by atoms with Crippen molar-refractivity contribution < 1.29 is 14.6 Å². The highest BCUT2D eigenvalue weighted by Gasteiger charge is 2.10. The number of nitrogens with two attached hydrogens (primary N) is 1. The zero-order chi connectivity index (χ0) is 17.3. The molecule has 0 aliphatic carbocycles. The number of aromatic nitrogens is 1. The summed E-state index contributed by atoms with van der Waals surface area (Å²) >= 11 is 0. The van der Waals surface area contributed by atoms with Crippen LogP contribution in [-0.4, -0.2) is 21.9 Å². The molecule has 0 radical (unpaired) electrons. The van der Waals surface area contributed by atoms with E-state index in [0.717, 1.165) is 0 Å². The average molecular weight is 323 g/mol. The molecule has 0 spiro atoms. The van der Waals surface area contributed by atoms with Crippen LogP contribution in [0.5, 0.6) is 11.5 Å². The van der Waals surface area contributed by atoms with Crippen LogP contribution in [0, 0.1) is 5.41 Å². The maximum absolute atomic E-state index is 11.7. The Morgan fingerprint density at radius 2 is 1.88 bits per heavy atom. The van der Waals surface area contributed by atoms with Crippen LogP contribution >= 0.6 is 0 Å². The zero-order valence-electron chi connectivity index (χ0n) is 12.4. The SMILES string of the molecule is N=C(N)c1cccc(Oc2ccc3cc(C(=O)O)c(=O)[nH]c3c2)c1. The number of ether oxygens (including phenoxy) is 1. The van der Waals surface area contributed by atoms with Gasteiger partial charge in [-0.2, -0.15) is 0 Å². The Kier molecular flexibility index (Phi) is 3.75. The lowest BCUT2D eigenvalue weighted by atomic mass is 10.1. The zero-order valence-corrected chi connectivity index (χ0v) is 12.4. The van der Waals surface area contributed by atoms with Gasteiger partial charge in [-0.25, -0.2) is 4.79 Å². The summed E-state index contributed by atoms with van der Waals surface area (Å²) in [4.78, 5) is 25.3. The molecule has 0 saturated carbocycles. The number of carboxylic acid groups (broad SMARTS) is 1. The minimum atomic E-state index is -1.28. The number of pyridine rings is 1. The third-order valence-electron chi connectivity index (χ3n) is 3.43. The standard InChI is InChI=1S/C17H13N3O4/c18-15(19)10-2-1-3-11(6-10)24-12-5-4-9-7-13(17(22)23)16(21)20-14(9)8-12/h1-8H,(H3,18,19)(H,20,21)(H,22,23). The third-order valence-corrected chi connectivity index (χ3v) is 3.43. The van der Waals surface area contributed by atoms with E-state index in [4.69, 9.17) is 21.0 Å². The second kappa shape index (κ2) is 5.88. The molecule has 120 valence electrons. The van der Waals surface area contributed by atoms with Gasteiger partial charge >= 0.3 is 5.97 Å². The third kappa shape index (κ3) is 2.95. The summed E-state index contributed by atoms with van der Waals surface area (Å²) in [7, 11) is 0. The van der Waals surface area contributed by atoms with E-state index in [-0.39, 0.29) is 11.4 Å². The van der Waals surface area contributed by atoms with Crippen molar-refractivity contribution in [1.82, 2.24) is 4.98 Å². The van der Waals surface area contributed by atoms with Crippen LogP contribution in [0.3, 0.4) is 0 Å². The fraction of sp³-hybridized carbons (Fsp3) is 0. The minimum Gasteiger partial charge on any atom is -0.477 e. The van der Waals surface area contributed by atoms with Gasteiger partial charge in [0.25, 0.3) is 5.56 Å². The van der Waals surface area contributed by atoms with Crippen LogP contribution in [0.4, 0.5) is 0 Å². The highest BCUT2D eigenvalue weighted by Crippen LogP contribution is 2.25. The van der Waals surface area contributed by atoms with Crippen molar-refractivity contribution in [2.24, 2.45) is 5.73 Å². The monoisotopic (exact) mass is 323 g/mol. The smallest absolute Gasteiger partial charge is 0.341 e. The fourth-order valence-corrected chi connectivity index (χ4v) is 2.27. The molecule has 1 aromatic heterocycles. The van der Waals surface area contributed by atoms with Gasteiger partial charge in [-0.15, -0.1) is 0 Å². The Balaban J connectivity index is 1.98. The number of hydrogen-bond donors (Lipinski definition) is 4. The molecule has 1 heterocycles. The Hall–Kier alpha value is -3.61. The van der Waals surface area contributed by atoms with Gasteiger partial charge in [0.2, 0.25) is 0 Å². The van der Waals surface area contributed by atoms with Gasteiger partial charge in [-0.1, -0.05) is 12.1 Å². The van der Waals surface area contributed by atoms with E-state index in [0.29, 0.717) is 28.0 Å². The number of amidine groups is 1. The van der Waals surface area contributed by atoms with Crippen LogP contribution in [0.15, 0.2) is 53.3 Å². The van der Waals surface area contributed by atoms with Crippen molar-refractivity contribution in [3.8, 4) is 11.5 Å². The molecule has 0 amide bonds. The fourth-order valence-electron chi connectivity index (χ4n) is 2.27. The van der Waals surface area contributed by atoms with Crippen LogP contribution in [0.2, 0.25) is 0 Å². The highest BCUT2D eigenvalue weighted by molar-refractivity contribution is 5.95. The number of benzene rings is 2. The van der Waals surface area contributed by atoms with Gasteiger partial charge in [0, 0.05) is 11.6 Å². The molecular formula is C17H13N3O4. The molecule has 0 bridgehead atoms. The highest BCUT2D eigenvalue weighted by atomic mass is 16.5. The first-order valence-corrected chi connectivity index (χ1v) is 6.97. The van der Waals surface area contributed by atoms with Gasteiger partial charge in [0.05, 0.1) is 5.52 Å². The molecule has 0 aliphatic heterocycles. The van der Waals surface area contributed by atoms with Crippen LogP contribution in [0.25, 0.3) is 10.9 Å². The summed E-state index contributed by atoms with van der Waals surface area (Å²) in [5.74, 6) is -0.391. The molecule has 0 fully saturated rings. The predicted molar refractivity (Wildman–Crippen MR) is 89.1 cm³/mol. The number of carbonyl (C=O) groups is 1. The quantitative estimate of drug-likeness (QED) is 0.432. The van der Waals surface area contributed by atoms with E-state index < -0.39 is 11.5 Å². The van der Waals surface area contributed by atoms with E-state index in [1.165, 1.54) is 6.07 Å². The first-order valence-electron chi connectivity index (χ1n) is 6.97. The summed E-state index contributed by atoms with van der Waals surface area (Å²) in [6, 6.07) is 13.0. The number of H-pyrrole nitrogens is 1. The van der Waals surface area contributed by atoms with Crippen LogP contribution < -0.4 is 16.0 Å². The second-order valence-electron chi connectivity index (χ2n) is 5.11. The minimum absolute atomic E-state index is 0.0653. The number of hydrogen-bond acceptors (Lipinski definition) is 4. The molecule has 7 nitrogen and oxygen atoms in total. The molecular weight excluding hydrogens is 310 g/mol. The Morgan fingerprint density at radius 1 is 1.12 bits per heavy atom. The summed E-state index contributed by atoms with van der Waals surface area (Å²) in [5.41, 5.74) is 5.45. The molecule has 7 heteroatoms. The van der Waals surface area contributed by atoms with E-state index in [9.17, 15) is 9.59 Å². The summed E-state index contributed by atoms with van der Waals surface area (Å²) in [6.45, 7) is 0. The summed E-state index contributed by atoms with van der Waals surface area (Å²) in [5, 5.41) is 17.0. The molecule has 2 aromatic carbocycles. The second-order valence-corrected chi connectivity index (χ2v) is 5.11. The van der Waals surface area contributed by atoms with Crippen molar-refractivity contribution in [3.05, 3.63) is 70.0 Å². The van der Waals surface area contributed by atoms with Gasteiger partial charge in [-0.3, -0.25) is 10.2 Å². The van der Waals surface area contributed by atoms with E-state index >= 15 is 0 Å². The van der Waals surface area contributed by atoms with Crippen molar-refractivity contribution >= 4 is 22.7 Å². The van der Waals surface area contributed by atoms with Gasteiger partial charge in [-0.05, 0) is 35.7 Å². The number of rotatable bonds is 4. The lowest BCUT2D eigenvalue weighted by molar-refractivity contribution is 0.0695. The van der Waals surface area contributed by atoms with E-state index in [1.54, 1.807) is 42.5 Å². The lowest BCUT2D eigenvalue weighted by Crippen LogP contribution is -2.16. The Bertz CT molecular complexity index is 1020. The summed E-state index contributed by atoms with van der Waals surface area (Å²) < 4.78 is 5.70. The van der Waals surface area contributed by atoms with Gasteiger partial charge in [0.15, 0.2) is 0 Å². The lowest BCUT2D eigenvalue weighted by Gasteiger charge is -2.08. The van der Waals surface area contributed by atoms with E-state index in [2.05, 4.69) is 4.98 Å². The number of aromatic amines is 1. The molecule has 0 unspecified atom stereocenters. The Morgan fingerprint density at radius 3 is 2.58 bits per heavy atom. The largest absolute Gasteiger partial charge is 0.477 e. The molecule has 0 atom stereocenters. The van der Waals surface area contributed by atoms with Crippen LogP contribution in [-0.2, 0) is 0 Å². The predicted octanol–water partition coefficient (Wildman–Crippen LogP) is 2.30. The number of fused-ring (bicyclic) bond motifs is 1. The van der Waals surface area contributed by atoms with Gasteiger partial charge < -0.3 is 20.6 Å².